The number of hydrogen-bond acceptors (Lipinski definition) is 5. The van der Waals surface area contributed by atoms with Crippen molar-refractivity contribution in [3.05, 3.63) is 80.3 Å². The fourth-order valence-corrected chi connectivity index (χ4v) is 5.64. The summed E-state index contributed by atoms with van der Waals surface area (Å²) in [5.74, 6) is 0.485. The number of fused-ring (bicyclic) bond motifs is 1. The van der Waals surface area contributed by atoms with Crippen LogP contribution in [0.25, 0.3) is 21.2 Å². The van der Waals surface area contributed by atoms with Crippen LogP contribution in [0.2, 0.25) is 0 Å². The van der Waals surface area contributed by atoms with Gasteiger partial charge in [-0.1, -0.05) is 6.07 Å². The van der Waals surface area contributed by atoms with Crippen LogP contribution >= 0.6 is 11.3 Å². The van der Waals surface area contributed by atoms with Crippen LogP contribution in [-0.2, 0) is 12.6 Å². The highest BCUT2D eigenvalue weighted by atomic mass is 32.1. The third-order valence-electron chi connectivity index (χ3n) is 7.11. The van der Waals surface area contributed by atoms with Gasteiger partial charge in [-0.2, -0.15) is 0 Å². The Hall–Kier alpha value is -3.49. The molecule has 38 heavy (non-hydrogen) atoms. The number of rotatable bonds is 6. The summed E-state index contributed by atoms with van der Waals surface area (Å²) in [5.41, 5.74) is 1.77. The summed E-state index contributed by atoms with van der Waals surface area (Å²) in [5, 5.41) is 14.5. The first-order chi connectivity index (χ1) is 17.8. The van der Waals surface area contributed by atoms with Crippen molar-refractivity contribution in [1.82, 2.24) is 9.88 Å². The Morgan fingerprint density at radius 2 is 1.79 bits per heavy atom. The SMILES string of the molecule is Cc1cc(F)cc(C)c1Oc1ccc(C(C)(C)O)cc1-c1cn(C)c(=O)c2sc(C(=O)NC3(C)CC3)cc12. The second kappa shape index (κ2) is 9.06. The van der Waals surface area contributed by atoms with Crippen molar-refractivity contribution in [2.45, 2.75) is 58.6 Å². The van der Waals surface area contributed by atoms with Crippen LogP contribution in [0.5, 0.6) is 11.5 Å². The van der Waals surface area contributed by atoms with Gasteiger partial charge in [0, 0.05) is 35.3 Å². The largest absolute Gasteiger partial charge is 0.456 e. The number of carbonyl (C=O) groups is 1. The molecule has 8 heteroatoms. The molecule has 1 aliphatic rings. The quantitative estimate of drug-likeness (QED) is 0.303. The first kappa shape index (κ1) is 26.1. The van der Waals surface area contributed by atoms with Crippen molar-refractivity contribution < 1.29 is 19.0 Å². The smallest absolute Gasteiger partial charge is 0.268 e. The lowest BCUT2D eigenvalue weighted by Crippen LogP contribution is -2.33. The predicted molar refractivity (Wildman–Crippen MR) is 149 cm³/mol. The van der Waals surface area contributed by atoms with E-state index in [1.807, 2.05) is 13.0 Å². The number of aliphatic hydroxyl groups is 1. The maximum Gasteiger partial charge on any atom is 0.268 e. The number of thiophene rings is 1. The molecular formula is C30H31FN2O4S. The number of halogens is 1. The number of carbonyl (C=O) groups excluding carboxylic acids is 1. The van der Waals surface area contributed by atoms with Gasteiger partial charge in [-0.25, -0.2) is 4.39 Å². The maximum atomic E-state index is 14.0. The molecule has 5 rings (SSSR count). The zero-order valence-corrected chi connectivity index (χ0v) is 23.2. The van der Waals surface area contributed by atoms with Crippen molar-refractivity contribution in [3.63, 3.8) is 0 Å². The first-order valence-corrected chi connectivity index (χ1v) is 13.3. The topological polar surface area (TPSA) is 80.6 Å². The number of aromatic nitrogens is 1. The highest BCUT2D eigenvalue weighted by molar-refractivity contribution is 7.20. The molecule has 1 aliphatic carbocycles. The molecule has 1 amide bonds. The van der Waals surface area contributed by atoms with Gasteiger partial charge in [-0.05, 0) is 94.5 Å². The molecule has 0 radical (unpaired) electrons. The summed E-state index contributed by atoms with van der Waals surface area (Å²) in [4.78, 5) is 26.6. The molecule has 4 aromatic rings. The second-order valence-electron chi connectivity index (χ2n) is 11.1. The van der Waals surface area contributed by atoms with E-state index in [4.69, 9.17) is 4.74 Å². The standard InChI is InChI=1S/C30H31FN2O4S/c1-16-11-19(31)12-17(2)25(16)37-23-8-7-18(29(3,4)36)13-20(23)22-15-33(6)28(35)26-21(22)14-24(38-26)27(34)32-30(5)9-10-30/h7-8,11-15,36H,9-10H2,1-6H3,(H,32,34). The van der Waals surface area contributed by atoms with E-state index >= 15 is 0 Å². The molecule has 0 spiro atoms. The van der Waals surface area contributed by atoms with E-state index in [2.05, 4.69) is 5.32 Å². The minimum atomic E-state index is -1.13. The van der Waals surface area contributed by atoms with Gasteiger partial charge in [0.1, 0.15) is 22.0 Å². The zero-order valence-electron chi connectivity index (χ0n) is 22.4. The van der Waals surface area contributed by atoms with Crippen LogP contribution in [0, 0.1) is 19.7 Å². The third kappa shape index (κ3) is 4.86. The molecule has 6 nitrogen and oxygen atoms in total. The van der Waals surface area contributed by atoms with E-state index in [1.54, 1.807) is 59.1 Å². The normalized spacial score (nSPS) is 14.5. The molecule has 1 saturated carbocycles. The van der Waals surface area contributed by atoms with Crippen molar-refractivity contribution in [2.24, 2.45) is 7.05 Å². The van der Waals surface area contributed by atoms with Gasteiger partial charge >= 0.3 is 0 Å². The van der Waals surface area contributed by atoms with Crippen LogP contribution in [0.4, 0.5) is 4.39 Å². The summed E-state index contributed by atoms with van der Waals surface area (Å²) in [7, 11) is 1.67. The number of benzene rings is 2. The van der Waals surface area contributed by atoms with E-state index < -0.39 is 5.60 Å². The van der Waals surface area contributed by atoms with Crippen molar-refractivity contribution in [2.75, 3.05) is 0 Å². The van der Waals surface area contributed by atoms with Crippen LogP contribution in [0.1, 0.15) is 60.0 Å². The molecule has 0 aliphatic heterocycles. The Labute approximate surface area is 224 Å². The highest BCUT2D eigenvalue weighted by Crippen LogP contribution is 2.42. The molecule has 0 atom stereocenters. The molecule has 0 saturated heterocycles. The van der Waals surface area contributed by atoms with Crippen molar-refractivity contribution >= 4 is 27.3 Å². The monoisotopic (exact) mass is 534 g/mol. The number of nitrogens with zero attached hydrogens (tertiary/aromatic N) is 1. The average molecular weight is 535 g/mol. The predicted octanol–water partition coefficient (Wildman–Crippen LogP) is 6.32. The minimum Gasteiger partial charge on any atom is -0.456 e. The summed E-state index contributed by atoms with van der Waals surface area (Å²) >= 11 is 1.17. The molecule has 0 bridgehead atoms. The van der Waals surface area contributed by atoms with Crippen LogP contribution in [0.3, 0.4) is 0 Å². The summed E-state index contributed by atoms with van der Waals surface area (Å²) in [6.07, 6.45) is 3.59. The summed E-state index contributed by atoms with van der Waals surface area (Å²) in [6, 6.07) is 9.99. The van der Waals surface area contributed by atoms with Crippen LogP contribution < -0.4 is 15.6 Å². The number of pyridine rings is 1. The summed E-state index contributed by atoms with van der Waals surface area (Å²) < 4.78 is 22.3. The lowest BCUT2D eigenvalue weighted by molar-refractivity contribution is 0.0786. The van der Waals surface area contributed by atoms with Crippen LogP contribution in [0.15, 0.2) is 47.4 Å². The van der Waals surface area contributed by atoms with E-state index in [9.17, 15) is 19.1 Å². The van der Waals surface area contributed by atoms with Crippen molar-refractivity contribution in [1.29, 1.82) is 0 Å². The van der Waals surface area contributed by atoms with E-state index in [0.717, 1.165) is 12.8 Å². The number of amides is 1. The molecule has 1 fully saturated rings. The van der Waals surface area contributed by atoms with Gasteiger partial charge in [-0.3, -0.25) is 9.59 Å². The molecule has 0 unspecified atom stereocenters. The minimum absolute atomic E-state index is 0.187. The Morgan fingerprint density at radius 3 is 2.39 bits per heavy atom. The van der Waals surface area contributed by atoms with Crippen LogP contribution in [-0.4, -0.2) is 21.1 Å². The fourth-order valence-electron chi connectivity index (χ4n) is 4.59. The number of ether oxygens (including phenoxy) is 1. The fraction of sp³-hybridized carbons (Fsp3) is 0.333. The summed E-state index contributed by atoms with van der Waals surface area (Å²) in [6.45, 7) is 8.97. The van der Waals surface area contributed by atoms with E-state index in [1.165, 1.54) is 28.0 Å². The number of nitrogens with one attached hydrogen (secondary N) is 1. The lowest BCUT2D eigenvalue weighted by atomic mass is 9.93. The second-order valence-corrected chi connectivity index (χ2v) is 12.1. The van der Waals surface area contributed by atoms with Gasteiger partial charge in [-0.15, -0.1) is 11.3 Å². The molecule has 2 aromatic heterocycles. The van der Waals surface area contributed by atoms with E-state index in [-0.39, 0.29) is 22.8 Å². The van der Waals surface area contributed by atoms with Gasteiger partial charge < -0.3 is 19.7 Å². The number of aryl methyl sites for hydroxylation is 3. The molecular weight excluding hydrogens is 503 g/mol. The molecule has 2 N–H and O–H groups in total. The first-order valence-electron chi connectivity index (χ1n) is 12.5. The molecule has 2 aromatic carbocycles. The Kier molecular flexibility index (Phi) is 6.23. The van der Waals surface area contributed by atoms with Gasteiger partial charge in [0.2, 0.25) is 0 Å². The van der Waals surface area contributed by atoms with Gasteiger partial charge in [0.05, 0.1) is 10.5 Å². The third-order valence-corrected chi connectivity index (χ3v) is 8.23. The average Bonchev–Trinajstić information content (AvgIpc) is 3.37. The Bertz CT molecular complexity index is 1630. The zero-order chi connectivity index (χ0) is 27.6. The Balaban J connectivity index is 1.71. The maximum absolute atomic E-state index is 14.0. The highest BCUT2D eigenvalue weighted by Gasteiger charge is 2.39. The molecule has 198 valence electrons. The Morgan fingerprint density at radius 1 is 1.13 bits per heavy atom. The van der Waals surface area contributed by atoms with Crippen molar-refractivity contribution in [3.8, 4) is 22.6 Å². The lowest BCUT2D eigenvalue weighted by Gasteiger charge is -2.22. The van der Waals surface area contributed by atoms with Gasteiger partial charge in [0.25, 0.3) is 11.5 Å². The number of hydrogen-bond donors (Lipinski definition) is 2. The van der Waals surface area contributed by atoms with E-state index in [0.29, 0.717) is 54.3 Å². The molecule has 2 heterocycles. The van der Waals surface area contributed by atoms with Gasteiger partial charge in [0.15, 0.2) is 0 Å².